The van der Waals surface area contributed by atoms with Crippen molar-refractivity contribution in [3.05, 3.63) is 95.1 Å². The molecule has 0 saturated heterocycles. The van der Waals surface area contributed by atoms with Crippen molar-refractivity contribution in [1.29, 1.82) is 5.41 Å². The summed E-state index contributed by atoms with van der Waals surface area (Å²) in [5.41, 5.74) is 13.4. The number of aryl methyl sites for hydroxylation is 1. The van der Waals surface area contributed by atoms with Crippen LogP contribution in [0.1, 0.15) is 27.0 Å². The number of aliphatic carboxylic acids is 1. The van der Waals surface area contributed by atoms with Gasteiger partial charge >= 0.3 is 5.97 Å². The number of carboxylic acid groups (broad SMARTS) is 1. The van der Waals surface area contributed by atoms with Crippen LogP contribution < -0.4 is 21.5 Å². The molecular formula is C25H26N4O6S. The van der Waals surface area contributed by atoms with Gasteiger partial charge in [0.1, 0.15) is 18.2 Å². The molecule has 0 saturated carbocycles. The standard InChI is InChI=1S/C25H26N4O6S/c1-16-5-11-21(12-6-16)36(33,34)25(28,24(31)32)15-29-23(30)19-4-2-3-17(13-19)14-35-20-9-7-18(8-10-20)22(26)27/h2-13H,14-15,28H2,1H3,(H3,26,27)(H,29,30)(H,31,32). The van der Waals surface area contributed by atoms with Gasteiger partial charge in [0.05, 0.1) is 11.4 Å². The Bertz CT molecular complexity index is 1390. The number of carbonyl (C=O) groups is 2. The fraction of sp³-hybridized carbons (Fsp3) is 0.160. The molecule has 1 amide bonds. The number of amides is 1. The highest BCUT2D eigenvalue weighted by Crippen LogP contribution is 2.23. The number of carboxylic acids is 1. The molecule has 0 spiro atoms. The fourth-order valence-electron chi connectivity index (χ4n) is 3.23. The molecule has 0 fully saturated rings. The third-order valence-electron chi connectivity index (χ3n) is 5.44. The van der Waals surface area contributed by atoms with Crippen LogP contribution in [0.25, 0.3) is 0 Å². The molecular weight excluding hydrogens is 484 g/mol. The van der Waals surface area contributed by atoms with Gasteiger partial charge in [0, 0.05) is 11.1 Å². The topological polar surface area (TPSA) is 186 Å². The second-order valence-electron chi connectivity index (χ2n) is 8.12. The van der Waals surface area contributed by atoms with E-state index >= 15 is 0 Å². The van der Waals surface area contributed by atoms with E-state index in [4.69, 9.17) is 21.6 Å². The number of rotatable bonds is 10. The SMILES string of the molecule is Cc1ccc(S(=O)(=O)C(N)(CNC(=O)c2cccc(COc3ccc(C(=N)N)cc3)c2)C(=O)O)cc1. The number of amidine groups is 1. The van der Waals surface area contributed by atoms with E-state index in [9.17, 15) is 23.1 Å². The van der Waals surface area contributed by atoms with E-state index in [2.05, 4.69) is 5.32 Å². The number of carbonyl (C=O) groups excluding carboxylic acids is 1. The molecule has 0 aliphatic carbocycles. The molecule has 36 heavy (non-hydrogen) atoms. The maximum Gasteiger partial charge on any atom is 0.341 e. The van der Waals surface area contributed by atoms with E-state index in [1.54, 1.807) is 43.3 Å². The highest BCUT2D eigenvalue weighted by atomic mass is 32.2. The molecule has 0 aliphatic heterocycles. The molecule has 10 nitrogen and oxygen atoms in total. The highest BCUT2D eigenvalue weighted by molar-refractivity contribution is 7.93. The van der Waals surface area contributed by atoms with Crippen molar-refractivity contribution in [2.24, 2.45) is 11.5 Å². The minimum atomic E-state index is -4.53. The molecule has 3 aromatic rings. The van der Waals surface area contributed by atoms with Gasteiger partial charge in [0.2, 0.25) is 14.7 Å². The largest absolute Gasteiger partial charge is 0.489 e. The van der Waals surface area contributed by atoms with Gasteiger partial charge in [-0.05, 0) is 61.0 Å². The summed E-state index contributed by atoms with van der Waals surface area (Å²) in [5.74, 6) is -2.01. The van der Waals surface area contributed by atoms with E-state index < -0.39 is 33.1 Å². The summed E-state index contributed by atoms with van der Waals surface area (Å²) in [6.45, 7) is 1.03. The quantitative estimate of drug-likeness (QED) is 0.202. The summed E-state index contributed by atoms with van der Waals surface area (Å²) in [6, 6.07) is 18.6. The molecule has 0 aromatic heterocycles. The predicted molar refractivity (Wildman–Crippen MR) is 133 cm³/mol. The molecule has 1 unspecified atom stereocenters. The molecule has 7 N–H and O–H groups in total. The van der Waals surface area contributed by atoms with Crippen LogP contribution in [0.3, 0.4) is 0 Å². The van der Waals surface area contributed by atoms with E-state index in [0.717, 1.165) is 5.56 Å². The van der Waals surface area contributed by atoms with Crippen LogP contribution in [0, 0.1) is 12.3 Å². The zero-order valence-corrected chi connectivity index (χ0v) is 20.2. The van der Waals surface area contributed by atoms with Crippen molar-refractivity contribution in [3.63, 3.8) is 0 Å². The summed E-state index contributed by atoms with van der Waals surface area (Å²) in [4.78, 5) is 21.6. The number of hydrogen-bond donors (Lipinski definition) is 5. The first-order valence-corrected chi connectivity index (χ1v) is 12.2. The Hall–Kier alpha value is -4.22. The monoisotopic (exact) mass is 510 g/mol. The Morgan fingerprint density at radius 1 is 1.03 bits per heavy atom. The lowest BCUT2D eigenvalue weighted by atomic mass is 10.1. The third kappa shape index (κ3) is 5.70. The van der Waals surface area contributed by atoms with Crippen molar-refractivity contribution in [1.82, 2.24) is 5.32 Å². The van der Waals surface area contributed by atoms with Crippen LogP contribution in [0.4, 0.5) is 0 Å². The van der Waals surface area contributed by atoms with Crippen molar-refractivity contribution in [2.45, 2.75) is 23.3 Å². The maximum atomic E-state index is 13.0. The minimum Gasteiger partial charge on any atom is -0.489 e. The zero-order valence-electron chi connectivity index (χ0n) is 19.4. The van der Waals surface area contributed by atoms with Crippen molar-refractivity contribution >= 4 is 27.5 Å². The molecule has 3 aromatic carbocycles. The number of nitrogens with one attached hydrogen (secondary N) is 2. The van der Waals surface area contributed by atoms with Gasteiger partial charge in [-0.15, -0.1) is 0 Å². The summed E-state index contributed by atoms with van der Waals surface area (Å²) in [6.07, 6.45) is 0. The van der Waals surface area contributed by atoms with E-state index in [-0.39, 0.29) is 22.9 Å². The Morgan fingerprint density at radius 3 is 2.25 bits per heavy atom. The molecule has 0 aliphatic rings. The van der Waals surface area contributed by atoms with Gasteiger partial charge in [-0.1, -0.05) is 29.8 Å². The Balaban J connectivity index is 1.70. The molecule has 3 rings (SSSR count). The maximum absolute atomic E-state index is 13.0. The second-order valence-corrected chi connectivity index (χ2v) is 10.3. The molecule has 0 heterocycles. The first-order chi connectivity index (χ1) is 16.9. The van der Waals surface area contributed by atoms with E-state index in [1.165, 1.54) is 36.4 Å². The lowest BCUT2D eigenvalue weighted by Gasteiger charge is -2.25. The van der Waals surface area contributed by atoms with Crippen molar-refractivity contribution in [2.75, 3.05) is 6.54 Å². The number of nitrogen functional groups attached to an aromatic ring is 1. The molecule has 1 atom stereocenters. The lowest BCUT2D eigenvalue weighted by molar-refractivity contribution is -0.139. The third-order valence-corrected chi connectivity index (χ3v) is 7.62. The minimum absolute atomic E-state index is 0.0590. The van der Waals surface area contributed by atoms with Crippen molar-refractivity contribution < 1.29 is 27.9 Å². The Morgan fingerprint density at radius 2 is 1.67 bits per heavy atom. The van der Waals surface area contributed by atoms with Gasteiger partial charge in [-0.25, -0.2) is 13.2 Å². The zero-order chi connectivity index (χ0) is 26.5. The summed E-state index contributed by atoms with van der Waals surface area (Å²) < 4.78 is 31.7. The number of benzene rings is 3. The number of ether oxygens (including phenoxy) is 1. The molecule has 11 heteroatoms. The number of hydrogen-bond acceptors (Lipinski definition) is 7. The average Bonchev–Trinajstić information content (AvgIpc) is 2.86. The van der Waals surface area contributed by atoms with Gasteiger partial charge in [0.25, 0.3) is 5.91 Å². The summed E-state index contributed by atoms with van der Waals surface area (Å²) >= 11 is 0. The van der Waals surface area contributed by atoms with Gasteiger partial charge < -0.3 is 26.6 Å². The predicted octanol–water partition coefficient (Wildman–Crippen LogP) is 1.80. The van der Waals surface area contributed by atoms with Gasteiger partial charge in [-0.2, -0.15) is 0 Å². The van der Waals surface area contributed by atoms with Gasteiger partial charge in [-0.3, -0.25) is 10.2 Å². The summed E-state index contributed by atoms with van der Waals surface area (Å²) in [5, 5.41) is 19.4. The number of sulfone groups is 1. The number of nitrogens with two attached hydrogens (primary N) is 2. The van der Waals surface area contributed by atoms with Crippen molar-refractivity contribution in [3.8, 4) is 5.75 Å². The van der Waals surface area contributed by atoms with Crippen LogP contribution >= 0.6 is 0 Å². The molecule has 0 radical (unpaired) electrons. The van der Waals surface area contributed by atoms with E-state index in [0.29, 0.717) is 16.9 Å². The van der Waals surface area contributed by atoms with Crippen LogP contribution in [-0.2, 0) is 21.2 Å². The highest BCUT2D eigenvalue weighted by Gasteiger charge is 2.49. The summed E-state index contributed by atoms with van der Waals surface area (Å²) in [7, 11) is -4.53. The molecule has 188 valence electrons. The van der Waals surface area contributed by atoms with Crippen LogP contribution in [-0.4, -0.2) is 42.7 Å². The average molecular weight is 511 g/mol. The Kier molecular flexibility index (Phi) is 7.76. The van der Waals surface area contributed by atoms with Gasteiger partial charge in [0.15, 0.2) is 0 Å². The lowest BCUT2D eigenvalue weighted by Crippen LogP contribution is -2.61. The Labute approximate surface area is 208 Å². The first kappa shape index (κ1) is 26.4. The van der Waals surface area contributed by atoms with Crippen LogP contribution in [0.5, 0.6) is 5.75 Å². The fourth-order valence-corrected chi connectivity index (χ4v) is 4.63. The smallest absolute Gasteiger partial charge is 0.341 e. The second kappa shape index (κ2) is 10.6. The first-order valence-electron chi connectivity index (χ1n) is 10.7. The van der Waals surface area contributed by atoms with Crippen LogP contribution in [0.15, 0.2) is 77.7 Å². The normalized spacial score (nSPS) is 12.8. The molecule has 0 bridgehead atoms. The van der Waals surface area contributed by atoms with Crippen LogP contribution in [0.2, 0.25) is 0 Å². The van der Waals surface area contributed by atoms with E-state index in [1.807, 2.05) is 0 Å².